The molecule has 2 aromatic rings. The first kappa shape index (κ1) is 15.6. The minimum Gasteiger partial charge on any atom is -0.316 e. The predicted octanol–water partition coefficient (Wildman–Crippen LogP) is 4.12. The third-order valence-corrected chi connectivity index (χ3v) is 3.42. The Kier molecular flexibility index (Phi) is 6.35. The van der Waals surface area contributed by atoms with Gasteiger partial charge >= 0.3 is 0 Å². The molecule has 2 aromatic carbocycles. The van der Waals surface area contributed by atoms with Gasteiger partial charge in [-0.3, -0.25) is 0 Å². The summed E-state index contributed by atoms with van der Waals surface area (Å²) in [5, 5.41) is 3.31. The first-order chi connectivity index (χ1) is 10.2. The minimum atomic E-state index is -0.507. The van der Waals surface area contributed by atoms with E-state index in [1.165, 1.54) is 17.7 Å². The lowest BCUT2D eigenvalue weighted by Gasteiger charge is -2.06. The van der Waals surface area contributed by atoms with Crippen molar-refractivity contribution < 1.29 is 8.78 Å². The lowest BCUT2D eigenvalue weighted by molar-refractivity contribution is 0.576. The number of unbranched alkanes of at least 4 members (excludes halogenated alkanes) is 1. The summed E-state index contributed by atoms with van der Waals surface area (Å²) in [5.41, 5.74) is 2.07. The maximum Gasteiger partial charge on any atom is 0.126 e. The van der Waals surface area contributed by atoms with Crippen LogP contribution in [-0.4, -0.2) is 13.1 Å². The average molecular weight is 289 g/mol. The fraction of sp³-hybridized carbons (Fsp3) is 0.333. The molecule has 0 unspecified atom stereocenters. The van der Waals surface area contributed by atoms with Crippen molar-refractivity contribution >= 4 is 0 Å². The first-order valence-electron chi connectivity index (χ1n) is 7.43. The van der Waals surface area contributed by atoms with Crippen molar-refractivity contribution in [1.82, 2.24) is 5.32 Å². The Labute approximate surface area is 125 Å². The summed E-state index contributed by atoms with van der Waals surface area (Å²) in [5.74, 6) is -1.01. The van der Waals surface area contributed by atoms with E-state index in [9.17, 15) is 8.78 Å². The van der Waals surface area contributed by atoms with E-state index in [1.807, 2.05) is 6.07 Å². The minimum absolute atomic E-state index is 0.507. The third kappa shape index (κ3) is 6.05. The Morgan fingerprint density at radius 3 is 2.14 bits per heavy atom. The molecule has 0 saturated carbocycles. The molecule has 0 aromatic heterocycles. The molecule has 21 heavy (non-hydrogen) atoms. The summed E-state index contributed by atoms with van der Waals surface area (Å²) in [6.07, 6.45) is 3.99. The monoisotopic (exact) mass is 289 g/mol. The van der Waals surface area contributed by atoms with Gasteiger partial charge in [0, 0.05) is 6.07 Å². The van der Waals surface area contributed by atoms with Crippen LogP contribution in [0.5, 0.6) is 0 Å². The fourth-order valence-corrected chi connectivity index (χ4v) is 2.34. The molecule has 3 heteroatoms. The highest BCUT2D eigenvalue weighted by Gasteiger charge is 2.00. The Hall–Kier alpha value is -1.74. The van der Waals surface area contributed by atoms with E-state index in [0.717, 1.165) is 38.4 Å². The van der Waals surface area contributed by atoms with Crippen molar-refractivity contribution in [2.45, 2.75) is 25.7 Å². The number of benzene rings is 2. The van der Waals surface area contributed by atoms with Crippen LogP contribution in [0.4, 0.5) is 8.78 Å². The van der Waals surface area contributed by atoms with Gasteiger partial charge in [0.05, 0.1) is 0 Å². The van der Waals surface area contributed by atoms with E-state index in [2.05, 4.69) is 29.6 Å². The second kappa shape index (κ2) is 8.53. The van der Waals surface area contributed by atoms with Crippen molar-refractivity contribution in [3.63, 3.8) is 0 Å². The van der Waals surface area contributed by atoms with Crippen LogP contribution < -0.4 is 5.32 Å². The van der Waals surface area contributed by atoms with Gasteiger partial charge in [0.15, 0.2) is 0 Å². The molecule has 0 radical (unpaired) electrons. The highest BCUT2D eigenvalue weighted by Crippen LogP contribution is 2.08. The smallest absolute Gasteiger partial charge is 0.126 e. The van der Waals surface area contributed by atoms with E-state index < -0.39 is 11.6 Å². The number of hydrogen-bond acceptors (Lipinski definition) is 1. The average Bonchev–Trinajstić information content (AvgIpc) is 2.46. The SMILES string of the molecule is Fc1cc(F)cc(CCNCCCCc2ccccc2)c1. The van der Waals surface area contributed by atoms with Gasteiger partial charge in [0.25, 0.3) is 0 Å². The lowest BCUT2D eigenvalue weighted by Crippen LogP contribution is -2.18. The second-order valence-corrected chi connectivity index (χ2v) is 5.22. The van der Waals surface area contributed by atoms with E-state index in [4.69, 9.17) is 0 Å². The molecular weight excluding hydrogens is 268 g/mol. The summed E-state index contributed by atoms with van der Waals surface area (Å²) < 4.78 is 26.0. The van der Waals surface area contributed by atoms with Crippen LogP contribution in [0.2, 0.25) is 0 Å². The zero-order valence-corrected chi connectivity index (χ0v) is 12.1. The standard InChI is InChI=1S/C18H21F2N/c19-17-12-16(13-18(20)14-17)9-11-21-10-5-4-8-15-6-2-1-3-7-15/h1-3,6-7,12-14,21H,4-5,8-11H2. The van der Waals surface area contributed by atoms with Gasteiger partial charge in [-0.05, 0) is 62.0 Å². The molecule has 0 heterocycles. The molecule has 0 saturated heterocycles. The topological polar surface area (TPSA) is 12.0 Å². The van der Waals surface area contributed by atoms with Gasteiger partial charge in [0.2, 0.25) is 0 Å². The van der Waals surface area contributed by atoms with E-state index in [1.54, 1.807) is 0 Å². The highest BCUT2D eigenvalue weighted by molar-refractivity contribution is 5.18. The van der Waals surface area contributed by atoms with Crippen LogP contribution in [0.15, 0.2) is 48.5 Å². The molecule has 0 aliphatic rings. The van der Waals surface area contributed by atoms with Crippen molar-refractivity contribution in [2.75, 3.05) is 13.1 Å². The molecule has 1 nitrogen and oxygen atoms in total. The maximum atomic E-state index is 13.0. The number of aryl methyl sites for hydroxylation is 1. The summed E-state index contributed by atoms with van der Waals surface area (Å²) in [4.78, 5) is 0. The highest BCUT2D eigenvalue weighted by atomic mass is 19.1. The van der Waals surface area contributed by atoms with Gasteiger partial charge in [-0.15, -0.1) is 0 Å². The van der Waals surface area contributed by atoms with E-state index in [0.29, 0.717) is 12.0 Å². The molecule has 0 spiro atoms. The molecule has 1 N–H and O–H groups in total. The van der Waals surface area contributed by atoms with Crippen molar-refractivity contribution in [2.24, 2.45) is 0 Å². The number of nitrogens with one attached hydrogen (secondary N) is 1. The molecule has 0 aliphatic carbocycles. The maximum absolute atomic E-state index is 13.0. The first-order valence-corrected chi connectivity index (χ1v) is 7.43. The number of halogens is 2. The zero-order chi connectivity index (χ0) is 14.9. The van der Waals surface area contributed by atoms with Gasteiger partial charge in [-0.1, -0.05) is 30.3 Å². The second-order valence-electron chi connectivity index (χ2n) is 5.22. The quantitative estimate of drug-likeness (QED) is 0.721. The van der Waals surface area contributed by atoms with Crippen molar-refractivity contribution in [3.05, 3.63) is 71.3 Å². The molecule has 112 valence electrons. The molecule has 2 rings (SSSR count). The predicted molar refractivity (Wildman–Crippen MR) is 82.3 cm³/mol. The third-order valence-electron chi connectivity index (χ3n) is 3.42. The summed E-state index contributed by atoms with van der Waals surface area (Å²) >= 11 is 0. The summed E-state index contributed by atoms with van der Waals surface area (Å²) in [6.45, 7) is 1.68. The van der Waals surface area contributed by atoms with E-state index in [-0.39, 0.29) is 0 Å². The Morgan fingerprint density at radius 2 is 1.43 bits per heavy atom. The Morgan fingerprint density at radius 1 is 0.714 bits per heavy atom. The molecular formula is C18H21F2N. The van der Waals surface area contributed by atoms with E-state index >= 15 is 0 Å². The van der Waals surface area contributed by atoms with Crippen LogP contribution in [-0.2, 0) is 12.8 Å². The zero-order valence-electron chi connectivity index (χ0n) is 12.1. The Balaban J connectivity index is 1.56. The molecule has 0 bridgehead atoms. The van der Waals surface area contributed by atoms with Crippen LogP contribution >= 0.6 is 0 Å². The van der Waals surface area contributed by atoms with Crippen LogP contribution in [0.25, 0.3) is 0 Å². The van der Waals surface area contributed by atoms with Crippen molar-refractivity contribution in [3.8, 4) is 0 Å². The lowest BCUT2D eigenvalue weighted by atomic mass is 10.1. The number of hydrogen-bond donors (Lipinski definition) is 1. The largest absolute Gasteiger partial charge is 0.316 e. The van der Waals surface area contributed by atoms with Gasteiger partial charge in [0.1, 0.15) is 11.6 Å². The number of rotatable bonds is 8. The van der Waals surface area contributed by atoms with Crippen LogP contribution in [0, 0.1) is 11.6 Å². The molecule has 0 amide bonds. The van der Waals surface area contributed by atoms with Gasteiger partial charge in [-0.2, -0.15) is 0 Å². The summed E-state index contributed by atoms with van der Waals surface area (Å²) in [7, 11) is 0. The Bertz CT molecular complexity index is 520. The van der Waals surface area contributed by atoms with Crippen LogP contribution in [0.3, 0.4) is 0 Å². The molecule has 0 atom stereocenters. The fourth-order valence-electron chi connectivity index (χ4n) is 2.34. The molecule has 0 fully saturated rings. The van der Waals surface area contributed by atoms with Crippen LogP contribution in [0.1, 0.15) is 24.0 Å². The molecule has 0 aliphatic heterocycles. The normalized spacial score (nSPS) is 10.8. The van der Waals surface area contributed by atoms with Crippen molar-refractivity contribution in [1.29, 1.82) is 0 Å². The summed E-state index contributed by atoms with van der Waals surface area (Å²) in [6, 6.07) is 14.1. The van der Waals surface area contributed by atoms with Gasteiger partial charge < -0.3 is 5.32 Å². The van der Waals surface area contributed by atoms with Gasteiger partial charge in [-0.25, -0.2) is 8.78 Å².